The van der Waals surface area contributed by atoms with Crippen molar-refractivity contribution in [3.8, 4) is 28.7 Å². The van der Waals surface area contributed by atoms with Gasteiger partial charge in [0.1, 0.15) is 5.75 Å². The predicted octanol–water partition coefficient (Wildman–Crippen LogP) is 6.40. The summed E-state index contributed by atoms with van der Waals surface area (Å²) in [6.07, 6.45) is 7.38. The highest BCUT2D eigenvalue weighted by Crippen LogP contribution is 2.41. The normalized spacial score (nSPS) is 18.1. The van der Waals surface area contributed by atoms with Crippen molar-refractivity contribution >= 4 is 46.9 Å². The van der Waals surface area contributed by atoms with Crippen LogP contribution in [0.1, 0.15) is 50.2 Å². The molecule has 12 heteroatoms. The van der Waals surface area contributed by atoms with Crippen LogP contribution in [-0.4, -0.2) is 80.7 Å². The first-order chi connectivity index (χ1) is 25.8. The first kappa shape index (κ1) is 33.8. The molecule has 4 aromatic rings. The summed E-state index contributed by atoms with van der Waals surface area (Å²) in [6, 6.07) is 20.1. The number of nitrogen functional groups attached to an aromatic ring is 1. The lowest BCUT2D eigenvalue weighted by Gasteiger charge is -2.34. The predicted molar refractivity (Wildman–Crippen MR) is 202 cm³/mol. The van der Waals surface area contributed by atoms with Crippen molar-refractivity contribution in [2.75, 3.05) is 40.3 Å². The summed E-state index contributed by atoms with van der Waals surface area (Å²) >= 11 is 0. The van der Waals surface area contributed by atoms with Gasteiger partial charge in [-0.1, -0.05) is 18.2 Å². The fraction of sp³-hybridized carbons (Fsp3) is 0.268. The molecule has 0 unspecified atom stereocenters. The number of carbonyl (C=O) groups excluding carboxylic acids is 2. The van der Waals surface area contributed by atoms with E-state index in [0.29, 0.717) is 90.2 Å². The van der Waals surface area contributed by atoms with Gasteiger partial charge in [0.25, 0.3) is 11.8 Å². The highest BCUT2D eigenvalue weighted by atomic mass is 16.5. The lowest BCUT2D eigenvalue weighted by atomic mass is 9.94. The minimum Gasteiger partial charge on any atom is -0.497 e. The SMILES string of the molecule is COc1ccc2c(c1)CN1C(=O)c3cc(OC)c(OCCCOc4cc5c(cc4OC)C(=O)N4C=C(c6ccc(N)cc6)C[C@H]4C=N5)cc3N=C[C@@H]1C2. The van der Waals surface area contributed by atoms with Gasteiger partial charge in [0.05, 0.1) is 69.1 Å². The number of methoxy groups -OCH3 is 3. The molecule has 4 aliphatic rings. The van der Waals surface area contributed by atoms with Crippen LogP contribution in [0.5, 0.6) is 28.7 Å². The van der Waals surface area contributed by atoms with Crippen molar-refractivity contribution in [3.05, 3.63) is 101 Å². The first-order valence-corrected chi connectivity index (χ1v) is 17.5. The number of carbonyl (C=O) groups is 2. The van der Waals surface area contributed by atoms with Crippen molar-refractivity contribution < 1.29 is 33.3 Å². The van der Waals surface area contributed by atoms with E-state index in [1.54, 1.807) is 50.5 Å². The molecule has 0 aromatic heterocycles. The summed E-state index contributed by atoms with van der Waals surface area (Å²) in [5, 5.41) is 0. The average Bonchev–Trinajstić information content (AvgIpc) is 3.51. The third-order valence-electron chi connectivity index (χ3n) is 10.0. The van der Waals surface area contributed by atoms with Gasteiger partial charge in [-0.2, -0.15) is 0 Å². The highest BCUT2D eigenvalue weighted by Gasteiger charge is 2.35. The molecule has 0 fully saturated rings. The van der Waals surface area contributed by atoms with E-state index >= 15 is 0 Å². The number of hydrogen-bond acceptors (Lipinski definition) is 10. The standard InChI is InChI=1S/C41H39N5O7/c1-49-31-10-7-25-13-29-20-43-34-18-38(37(51-3)17-33(34)41(48)46(29)23-27(25)15-31)52-11-4-12-53-39-19-35-32(16-36(39)50-2)40(47)45-22-26(14-30(45)21-44-35)24-5-8-28(42)9-6-24/h5-10,15-22,29-30H,4,11-14,23,42H2,1-3H3/t29-,30-/m0/s1. The first-order valence-electron chi connectivity index (χ1n) is 17.5. The van der Waals surface area contributed by atoms with Crippen molar-refractivity contribution in [1.29, 1.82) is 0 Å². The average molecular weight is 714 g/mol. The number of rotatable bonds is 10. The number of ether oxygens (including phenoxy) is 5. The van der Waals surface area contributed by atoms with E-state index in [-0.39, 0.29) is 23.9 Å². The van der Waals surface area contributed by atoms with Crippen LogP contribution in [0.25, 0.3) is 5.57 Å². The van der Waals surface area contributed by atoms with Crippen LogP contribution >= 0.6 is 0 Å². The summed E-state index contributed by atoms with van der Waals surface area (Å²) in [7, 11) is 4.73. The number of nitrogens with zero attached hydrogens (tertiary/aromatic N) is 4. The van der Waals surface area contributed by atoms with Crippen molar-refractivity contribution in [1.82, 2.24) is 9.80 Å². The number of aliphatic imine (C=N–C) groups is 2. The number of benzene rings is 4. The van der Waals surface area contributed by atoms with E-state index in [4.69, 9.17) is 39.4 Å². The molecule has 270 valence electrons. The Hall–Kier alpha value is -6.30. The summed E-state index contributed by atoms with van der Waals surface area (Å²) < 4.78 is 28.9. The van der Waals surface area contributed by atoms with Crippen LogP contribution < -0.4 is 29.4 Å². The Morgan fingerprint density at radius 3 is 1.98 bits per heavy atom. The zero-order valence-corrected chi connectivity index (χ0v) is 29.7. The molecule has 0 saturated heterocycles. The van der Waals surface area contributed by atoms with Crippen molar-refractivity contribution in [2.45, 2.75) is 37.9 Å². The lowest BCUT2D eigenvalue weighted by molar-refractivity contribution is 0.0702. The van der Waals surface area contributed by atoms with E-state index < -0.39 is 0 Å². The lowest BCUT2D eigenvalue weighted by Crippen LogP contribution is -2.44. The summed E-state index contributed by atoms with van der Waals surface area (Å²) in [6.45, 7) is 1.07. The van der Waals surface area contributed by atoms with Crippen LogP contribution in [0, 0.1) is 0 Å². The van der Waals surface area contributed by atoms with Gasteiger partial charge in [0, 0.05) is 55.8 Å². The molecule has 0 saturated carbocycles. The molecule has 2 N–H and O–H groups in total. The minimum atomic E-state index is -0.202. The molecule has 0 radical (unpaired) electrons. The molecule has 2 atom stereocenters. The molecule has 0 spiro atoms. The van der Waals surface area contributed by atoms with Gasteiger partial charge in [-0.05, 0) is 65.1 Å². The molecule has 4 aromatic carbocycles. The number of amides is 2. The Kier molecular flexibility index (Phi) is 8.95. The number of nitrogens with two attached hydrogens (primary N) is 1. The zero-order chi connectivity index (χ0) is 36.6. The fourth-order valence-electron chi connectivity index (χ4n) is 7.18. The fourth-order valence-corrected chi connectivity index (χ4v) is 7.18. The number of anilines is 1. The molecule has 0 bridgehead atoms. The van der Waals surface area contributed by atoms with Crippen LogP contribution in [0.2, 0.25) is 0 Å². The van der Waals surface area contributed by atoms with Crippen LogP contribution in [0.15, 0.2) is 82.9 Å². The summed E-state index contributed by atoms with van der Waals surface area (Å²) in [5.41, 5.74) is 12.8. The van der Waals surface area contributed by atoms with Gasteiger partial charge in [-0.3, -0.25) is 19.6 Å². The monoisotopic (exact) mass is 713 g/mol. The van der Waals surface area contributed by atoms with Gasteiger partial charge < -0.3 is 39.2 Å². The second kappa shape index (κ2) is 14.0. The Morgan fingerprint density at radius 2 is 1.34 bits per heavy atom. The molecule has 0 aliphatic carbocycles. The summed E-state index contributed by atoms with van der Waals surface area (Å²) in [4.78, 5) is 40.5. The molecule has 12 nitrogen and oxygen atoms in total. The number of hydrogen-bond donors (Lipinski definition) is 1. The van der Waals surface area contributed by atoms with Crippen LogP contribution in [-0.2, 0) is 13.0 Å². The van der Waals surface area contributed by atoms with E-state index in [9.17, 15) is 9.59 Å². The van der Waals surface area contributed by atoms with Gasteiger partial charge >= 0.3 is 0 Å². The van der Waals surface area contributed by atoms with E-state index in [1.165, 1.54) is 5.56 Å². The third kappa shape index (κ3) is 6.41. The molecule has 53 heavy (non-hydrogen) atoms. The third-order valence-corrected chi connectivity index (χ3v) is 10.0. The maximum absolute atomic E-state index is 13.8. The largest absolute Gasteiger partial charge is 0.497 e. The van der Waals surface area contributed by atoms with E-state index in [1.807, 2.05) is 59.9 Å². The zero-order valence-electron chi connectivity index (χ0n) is 29.7. The molecule has 8 rings (SSSR count). The quantitative estimate of drug-likeness (QED) is 0.147. The molecule has 4 aliphatic heterocycles. The molecule has 2 amide bonds. The minimum absolute atomic E-state index is 0.116. The van der Waals surface area contributed by atoms with Crippen LogP contribution in [0.4, 0.5) is 17.1 Å². The molecular formula is C41H39N5O7. The Labute approximate surface area is 307 Å². The second-order valence-electron chi connectivity index (χ2n) is 13.2. The highest BCUT2D eigenvalue weighted by molar-refractivity contribution is 6.06. The van der Waals surface area contributed by atoms with Crippen molar-refractivity contribution in [3.63, 3.8) is 0 Å². The van der Waals surface area contributed by atoms with E-state index in [2.05, 4.69) is 6.07 Å². The van der Waals surface area contributed by atoms with E-state index in [0.717, 1.165) is 22.4 Å². The van der Waals surface area contributed by atoms with Crippen molar-refractivity contribution in [2.24, 2.45) is 9.98 Å². The van der Waals surface area contributed by atoms with Gasteiger partial charge in [0.15, 0.2) is 23.0 Å². The number of fused-ring (bicyclic) bond motifs is 5. The second-order valence-corrected chi connectivity index (χ2v) is 13.2. The van der Waals surface area contributed by atoms with Gasteiger partial charge in [-0.15, -0.1) is 0 Å². The molecular weight excluding hydrogens is 674 g/mol. The van der Waals surface area contributed by atoms with Crippen LogP contribution in [0.3, 0.4) is 0 Å². The molecule has 4 heterocycles. The van der Waals surface area contributed by atoms with Gasteiger partial charge in [-0.25, -0.2) is 0 Å². The smallest absolute Gasteiger partial charge is 0.260 e. The summed E-state index contributed by atoms with van der Waals surface area (Å²) in [5.74, 6) is 2.32. The Bertz CT molecular complexity index is 2200. The topological polar surface area (TPSA) is 138 Å². The maximum atomic E-state index is 13.8. The maximum Gasteiger partial charge on any atom is 0.260 e. The van der Waals surface area contributed by atoms with Gasteiger partial charge in [0.2, 0.25) is 0 Å². The Morgan fingerprint density at radius 1 is 0.698 bits per heavy atom. The Balaban J connectivity index is 0.920.